The number of carboxylic acid groups (broad SMARTS) is 1. The number of anilines is 1. The largest absolute Gasteiger partial charge is 0.490 e. The van der Waals surface area contributed by atoms with Crippen LogP contribution in [0.4, 0.5) is 18.9 Å². The van der Waals surface area contributed by atoms with Gasteiger partial charge in [-0.15, -0.1) is 0 Å². The predicted octanol–water partition coefficient (Wildman–Crippen LogP) is 4.31. The molecule has 1 heterocycles. The molecule has 25 heavy (non-hydrogen) atoms. The van der Waals surface area contributed by atoms with Gasteiger partial charge in [-0.2, -0.15) is 13.2 Å². The minimum absolute atomic E-state index is 0.405. The van der Waals surface area contributed by atoms with E-state index in [-0.39, 0.29) is 0 Å². The van der Waals surface area contributed by atoms with Crippen molar-refractivity contribution in [3.05, 3.63) is 28.2 Å². The van der Waals surface area contributed by atoms with E-state index in [1.54, 1.807) is 0 Å². The zero-order valence-electron chi connectivity index (χ0n) is 12.9. The fourth-order valence-corrected chi connectivity index (χ4v) is 3.11. The molecule has 0 radical (unpaired) electrons. The number of halogens is 5. The van der Waals surface area contributed by atoms with E-state index in [2.05, 4.69) is 15.6 Å². The second-order valence-corrected chi connectivity index (χ2v) is 6.42. The van der Waals surface area contributed by atoms with Gasteiger partial charge in [-0.1, -0.05) is 42.1 Å². The summed E-state index contributed by atoms with van der Waals surface area (Å²) in [6.45, 7) is 0. The highest BCUT2D eigenvalue weighted by atomic mass is 35.5. The van der Waals surface area contributed by atoms with Crippen molar-refractivity contribution in [2.75, 3.05) is 5.32 Å². The van der Waals surface area contributed by atoms with Crippen LogP contribution >= 0.6 is 23.2 Å². The smallest absolute Gasteiger partial charge is 0.475 e. The molecule has 5 nitrogen and oxygen atoms in total. The van der Waals surface area contributed by atoms with Gasteiger partial charge in [0.05, 0.1) is 27.8 Å². The first-order chi connectivity index (χ1) is 11.7. The van der Waals surface area contributed by atoms with Crippen molar-refractivity contribution in [2.45, 2.75) is 43.9 Å². The summed E-state index contributed by atoms with van der Waals surface area (Å²) < 4.78 is 31.7. The van der Waals surface area contributed by atoms with Crippen molar-refractivity contribution >= 4 is 40.8 Å². The fraction of sp³-hybridized carbons (Fsp3) is 0.467. The number of alkyl halides is 3. The van der Waals surface area contributed by atoms with Crippen LogP contribution in [0.2, 0.25) is 10.0 Å². The Morgan fingerprint density at radius 2 is 1.80 bits per heavy atom. The Kier molecular flexibility index (Phi) is 6.40. The number of carbonyl (C=O) groups is 1. The summed E-state index contributed by atoms with van der Waals surface area (Å²) in [5, 5.41) is 15.0. The minimum atomic E-state index is -5.08. The second-order valence-electron chi connectivity index (χ2n) is 5.60. The number of aliphatic imine (C=N–C) groups is 1. The van der Waals surface area contributed by atoms with Gasteiger partial charge in [-0.3, -0.25) is 0 Å². The minimum Gasteiger partial charge on any atom is -0.475 e. The molecular formula is C15H16Cl2F3N3O2. The summed E-state index contributed by atoms with van der Waals surface area (Å²) in [5.41, 5.74) is 0.728. The summed E-state index contributed by atoms with van der Waals surface area (Å²) in [6, 6.07) is 6.35. The number of nitrogens with one attached hydrogen (secondary N) is 2. The molecule has 0 unspecified atom stereocenters. The maximum atomic E-state index is 10.6. The van der Waals surface area contributed by atoms with Gasteiger partial charge in [-0.05, 0) is 25.0 Å². The van der Waals surface area contributed by atoms with Gasteiger partial charge in [-0.25, -0.2) is 9.79 Å². The Labute approximate surface area is 152 Å². The summed E-state index contributed by atoms with van der Waals surface area (Å²) in [6.07, 6.45) is -0.176. The molecule has 3 N–H and O–H groups in total. The number of guanidine groups is 1. The number of nitrogens with zero attached hydrogens (tertiary/aromatic N) is 1. The first-order valence-electron chi connectivity index (χ1n) is 7.54. The lowest BCUT2D eigenvalue weighted by molar-refractivity contribution is -0.192. The maximum absolute atomic E-state index is 10.6. The molecule has 3 rings (SSSR count). The lowest BCUT2D eigenvalue weighted by Gasteiger charge is -2.23. The van der Waals surface area contributed by atoms with E-state index >= 15 is 0 Å². The quantitative estimate of drug-likeness (QED) is 0.659. The third-order valence-corrected chi connectivity index (χ3v) is 4.43. The Bertz CT molecular complexity index is 648. The molecule has 0 amide bonds. The molecule has 0 aromatic heterocycles. The summed E-state index contributed by atoms with van der Waals surface area (Å²) in [5.74, 6) is -1.96. The molecule has 0 saturated heterocycles. The highest BCUT2D eigenvalue weighted by Gasteiger charge is 2.38. The van der Waals surface area contributed by atoms with Gasteiger partial charge in [0, 0.05) is 0 Å². The van der Waals surface area contributed by atoms with Crippen molar-refractivity contribution < 1.29 is 23.1 Å². The number of aliphatic carboxylic acids is 1. The van der Waals surface area contributed by atoms with Crippen LogP contribution in [0.1, 0.15) is 25.7 Å². The first kappa shape index (κ1) is 19.7. The van der Waals surface area contributed by atoms with Crippen molar-refractivity contribution in [2.24, 2.45) is 4.99 Å². The Morgan fingerprint density at radius 1 is 1.24 bits per heavy atom. The normalized spacial score (nSPS) is 22.0. The number of fused-ring (bicyclic) bond motifs is 1. The van der Waals surface area contributed by atoms with Gasteiger partial charge >= 0.3 is 12.1 Å². The van der Waals surface area contributed by atoms with E-state index in [0.29, 0.717) is 22.1 Å². The molecule has 2 aliphatic rings. The Hall–Kier alpha value is -1.67. The number of carboxylic acids is 1. The van der Waals surface area contributed by atoms with E-state index in [4.69, 9.17) is 33.1 Å². The van der Waals surface area contributed by atoms with Crippen molar-refractivity contribution in [1.82, 2.24) is 5.32 Å². The zero-order valence-corrected chi connectivity index (χ0v) is 14.4. The van der Waals surface area contributed by atoms with Crippen molar-refractivity contribution in [1.29, 1.82) is 0 Å². The van der Waals surface area contributed by atoms with Gasteiger partial charge in [0.25, 0.3) is 0 Å². The van der Waals surface area contributed by atoms with Crippen LogP contribution in [0.3, 0.4) is 0 Å². The van der Waals surface area contributed by atoms with Crippen molar-refractivity contribution in [3.8, 4) is 0 Å². The van der Waals surface area contributed by atoms with Crippen LogP contribution in [-0.2, 0) is 4.79 Å². The average molecular weight is 398 g/mol. The van der Waals surface area contributed by atoms with Gasteiger partial charge in [0.1, 0.15) is 0 Å². The summed E-state index contributed by atoms with van der Waals surface area (Å²) >= 11 is 12.3. The highest BCUT2D eigenvalue weighted by Crippen LogP contribution is 2.31. The SMILES string of the molecule is Clc1cccc(Cl)c1NC1=N[C@@H]2CCCC[C@H]2N1.O=C(O)C(F)(F)F. The molecule has 1 saturated carbocycles. The third kappa shape index (κ3) is 5.40. The molecule has 138 valence electrons. The van der Waals surface area contributed by atoms with E-state index in [0.717, 1.165) is 11.6 Å². The van der Waals surface area contributed by atoms with Crippen LogP contribution in [0.15, 0.2) is 23.2 Å². The zero-order chi connectivity index (χ0) is 18.6. The number of rotatable bonds is 1. The Morgan fingerprint density at radius 3 is 2.32 bits per heavy atom. The molecule has 0 spiro atoms. The topological polar surface area (TPSA) is 73.7 Å². The molecule has 1 fully saturated rings. The van der Waals surface area contributed by atoms with Gasteiger partial charge < -0.3 is 15.7 Å². The lowest BCUT2D eigenvalue weighted by Crippen LogP contribution is -2.38. The van der Waals surface area contributed by atoms with E-state index < -0.39 is 12.1 Å². The summed E-state index contributed by atoms with van der Waals surface area (Å²) in [4.78, 5) is 13.6. The number of hydrogen-bond acceptors (Lipinski definition) is 4. The molecule has 10 heteroatoms. The van der Waals surface area contributed by atoms with Crippen LogP contribution in [-0.4, -0.2) is 35.3 Å². The van der Waals surface area contributed by atoms with Crippen LogP contribution in [0, 0.1) is 0 Å². The van der Waals surface area contributed by atoms with Gasteiger partial charge in [0.15, 0.2) is 5.96 Å². The second kappa shape index (κ2) is 8.14. The Balaban J connectivity index is 0.000000277. The van der Waals surface area contributed by atoms with E-state index in [1.807, 2.05) is 18.2 Å². The molecule has 1 aliphatic carbocycles. The molecule has 1 aromatic carbocycles. The predicted molar refractivity (Wildman–Crippen MR) is 90.4 cm³/mol. The van der Waals surface area contributed by atoms with Gasteiger partial charge in [0.2, 0.25) is 0 Å². The molecule has 1 aromatic rings. The lowest BCUT2D eigenvalue weighted by atomic mass is 9.92. The monoisotopic (exact) mass is 397 g/mol. The third-order valence-electron chi connectivity index (χ3n) is 3.80. The molecular weight excluding hydrogens is 382 g/mol. The van der Waals surface area contributed by atoms with E-state index in [9.17, 15) is 13.2 Å². The number of para-hydroxylation sites is 1. The average Bonchev–Trinajstić information content (AvgIpc) is 2.93. The molecule has 2 atom stereocenters. The molecule has 0 bridgehead atoms. The number of hydrogen-bond donors (Lipinski definition) is 3. The standard InChI is InChI=1S/C13H15Cl2N3.C2HF3O2/c14-8-4-3-5-9(15)12(8)18-13-16-10-6-1-2-7-11(10)17-13;3-2(4,5)1(6)7/h3-5,10-11H,1-2,6-7H2,(H2,16,17,18);(H,6,7)/t10-,11-;/m1./s1. The van der Waals surface area contributed by atoms with Crippen LogP contribution < -0.4 is 10.6 Å². The first-order valence-corrected chi connectivity index (χ1v) is 8.29. The highest BCUT2D eigenvalue weighted by molar-refractivity contribution is 6.39. The summed E-state index contributed by atoms with van der Waals surface area (Å²) in [7, 11) is 0. The van der Waals surface area contributed by atoms with Crippen LogP contribution in [0.25, 0.3) is 0 Å². The maximum Gasteiger partial charge on any atom is 0.490 e. The molecule has 1 aliphatic heterocycles. The van der Waals surface area contributed by atoms with Crippen LogP contribution in [0.5, 0.6) is 0 Å². The van der Waals surface area contributed by atoms with E-state index in [1.165, 1.54) is 25.7 Å². The van der Waals surface area contributed by atoms with Crippen molar-refractivity contribution in [3.63, 3.8) is 0 Å². The number of benzene rings is 1. The fourth-order valence-electron chi connectivity index (χ4n) is 2.62.